The van der Waals surface area contributed by atoms with Gasteiger partial charge in [-0.1, -0.05) is 30.0 Å². The lowest BCUT2D eigenvalue weighted by Crippen LogP contribution is -2.22. The SMILES string of the molecule is COc1cc2c(C3=C(c4c[nH]c5ccccc45)C(=O)NC3=O)cn(CCCSC(=N)N)c2cc1OC. The minimum Gasteiger partial charge on any atom is -0.493 e. The fourth-order valence-corrected chi connectivity index (χ4v) is 5.16. The highest BCUT2D eigenvalue weighted by Gasteiger charge is 2.35. The number of aryl methyl sites for hydroxylation is 1. The molecule has 2 aromatic carbocycles. The predicted molar refractivity (Wildman–Crippen MR) is 142 cm³/mol. The Labute approximate surface area is 211 Å². The second kappa shape index (κ2) is 9.46. The van der Waals surface area contributed by atoms with Crippen molar-refractivity contribution in [3.05, 3.63) is 59.9 Å². The number of benzene rings is 2. The predicted octanol–water partition coefficient (Wildman–Crippen LogP) is 3.72. The van der Waals surface area contributed by atoms with E-state index in [-0.39, 0.29) is 5.17 Å². The first-order valence-corrected chi connectivity index (χ1v) is 12.3. The van der Waals surface area contributed by atoms with Crippen LogP contribution in [0.5, 0.6) is 11.5 Å². The minimum absolute atomic E-state index is 0.0779. The van der Waals surface area contributed by atoms with Gasteiger partial charge < -0.3 is 24.8 Å². The third-order valence-electron chi connectivity index (χ3n) is 6.25. The minimum atomic E-state index is -0.443. The first-order chi connectivity index (χ1) is 17.4. The number of aromatic nitrogens is 2. The molecule has 0 radical (unpaired) electrons. The Hall–Kier alpha value is -4.18. The fourth-order valence-electron chi connectivity index (χ4n) is 4.67. The van der Waals surface area contributed by atoms with Gasteiger partial charge >= 0.3 is 0 Å². The van der Waals surface area contributed by atoms with Crippen molar-refractivity contribution >= 4 is 61.7 Å². The summed E-state index contributed by atoms with van der Waals surface area (Å²) in [6.45, 7) is 0.623. The Bertz CT molecular complexity index is 1570. The summed E-state index contributed by atoms with van der Waals surface area (Å²) in [7, 11) is 3.13. The number of imide groups is 1. The average Bonchev–Trinajstić information content (AvgIpc) is 3.53. The largest absolute Gasteiger partial charge is 0.493 e. The first kappa shape index (κ1) is 23.6. The van der Waals surface area contributed by atoms with Crippen molar-refractivity contribution < 1.29 is 19.1 Å². The zero-order valence-electron chi connectivity index (χ0n) is 19.8. The number of methoxy groups -OCH3 is 2. The number of amides is 2. The number of ether oxygens (including phenoxy) is 2. The van der Waals surface area contributed by atoms with Gasteiger partial charge in [-0.15, -0.1) is 0 Å². The molecule has 0 fully saturated rings. The summed E-state index contributed by atoms with van der Waals surface area (Å²) in [6.07, 6.45) is 4.41. The average molecular weight is 504 g/mol. The number of amidine groups is 1. The lowest BCUT2D eigenvalue weighted by molar-refractivity contribution is -0.122. The monoisotopic (exact) mass is 503 g/mol. The number of nitrogens with zero attached hydrogens (tertiary/aromatic N) is 1. The molecule has 36 heavy (non-hydrogen) atoms. The third kappa shape index (κ3) is 3.99. The number of aromatic amines is 1. The van der Waals surface area contributed by atoms with Crippen molar-refractivity contribution in [2.75, 3.05) is 20.0 Å². The Morgan fingerprint density at radius 1 is 1.03 bits per heavy atom. The van der Waals surface area contributed by atoms with Gasteiger partial charge in [-0.05, 0) is 18.6 Å². The maximum atomic E-state index is 13.2. The van der Waals surface area contributed by atoms with E-state index in [1.807, 2.05) is 47.2 Å². The van der Waals surface area contributed by atoms with Crippen LogP contribution in [0, 0.1) is 5.41 Å². The van der Waals surface area contributed by atoms with Crippen LogP contribution in [0.25, 0.3) is 33.0 Å². The normalized spacial score (nSPS) is 13.6. The Morgan fingerprint density at radius 2 is 1.72 bits per heavy atom. The van der Waals surface area contributed by atoms with E-state index < -0.39 is 11.8 Å². The molecule has 0 aliphatic carbocycles. The molecule has 1 aliphatic rings. The number of fused-ring (bicyclic) bond motifs is 2. The molecule has 9 nitrogen and oxygen atoms in total. The molecule has 4 aromatic rings. The van der Waals surface area contributed by atoms with Gasteiger partial charge in [0.05, 0.1) is 30.9 Å². The van der Waals surface area contributed by atoms with Crippen molar-refractivity contribution in [2.45, 2.75) is 13.0 Å². The van der Waals surface area contributed by atoms with Crippen molar-refractivity contribution in [3.63, 3.8) is 0 Å². The maximum absolute atomic E-state index is 13.2. The van der Waals surface area contributed by atoms with Gasteiger partial charge in [0.25, 0.3) is 11.8 Å². The second-order valence-electron chi connectivity index (χ2n) is 8.31. The molecule has 0 atom stereocenters. The van der Waals surface area contributed by atoms with Gasteiger partial charge in [-0.2, -0.15) is 0 Å². The standard InChI is InChI=1S/C26H25N5O4S/c1-34-20-10-15-17(13-31(8-5-9-36-26(27)28)19(15)11-21(20)35-2)23-22(24(32)30-25(23)33)16-12-29-18-7-4-3-6-14(16)18/h3-4,6-7,10-13,29H,5,8-9H2,1-2H3,(H3,27,28)(H,30,32,33). The summed E-state index contributed by atoms with van der Waals surface area (Å²) in [5.41, 5.74) is 9.14. The van der Waals surface area contributed by atoms with E-state index >= 15 is 0 Å². The Kier molecular flexibility index (Phi) is 6.19. The van der Waals surface area contributed by atoms with Crippen LogP contribution in [0.1, 0.15) is 17.5 Å². The van der Waals surface area contributed by atoms with Crippen LogP contribution in [-0.2, 0) is 16.1 Å². The van der Waals surface area contributed by atoms with Crippen molar-refractivity contribution in [1.29, 1.82) is 5.41 Å². The topological polar surface area (TPSA) is 135 Å². The molecule has 0 bridgehead atoms. The molecule has 2 aromatic heterocycles. The highest BCUT2D eigenvalue weighted by molar-refractivity contribution is 8.13. The van der Waals surface area contributed by atoms with Gasteiger partial charge in [-0.3, -0.25) is 20.3 Å². The van der Waals surface area contributed by atoms with Crippen LogP contribution in [-0.4, -0.2) is 46.5 Å². The van der Waals surface area contributed by atoms with E-state index in [9.17, 15) is 9.59 Å². The number of para-hydroxylation sites is 1. The second-order valence-corrected chi connectivity index (χ2v) is 9.44. The van der Waals surface area contributed by atoms with E-state index in [4.69, 9.17) is 20.6 Å². The molecule has 5 rings (SSSR count). The van der Waals surface area contributed by atoms with Gasteiger partial charge in [-0.25, -0.2) is 0 Å². The number of carbonyl (C=O) groups is 2. The summed E-state index contributed by atoms with van der Waals surface area (Å²) >= 11 is 1.28. The number of H-pyrrole nitrogens is 1. The van der Waals surface area contributed by atoms with Gasteiger partial charge in [0, 0.05) is 58.2 Å². The van der Waals surface area contributed by atoms with Crippen molar-refractivity contribution in [2.24, 2.45) is 5.73 Å². The zero-order chi connectivity index (χ0) is 25.4. The zero-order valence-corrected chi connectivity index (χ0v) is 20.6. The number of nitrogens with two attached hydrogens (primary N) is 1. The smallest absolute Gasteiger partial charge is 0.259 e. The summed E-state index contributed by atoms with van der Waals surface area (Å²) in [5.74, 6) is 0.891. The fraction of sp³-hybridized carbons (Fsp3) is 0.192. The number of carbonyl (C=O) groups excluding carboxylic acids is 2. The third-order valence-corrected chi connectivity index (χ3v) is 7.05. The van der Waals surface area contributed by atoms with E-state index in [1.165, 1.54) is 11.8 Å². The molecule has 10 heteroatoms. The van der Waals surface area contributed by atoms with Gasteiger partial charge in [0.1, 0.15) is 0 Å². The summed E-state index contributed by atoms with van der Waals surface area (Å²) in [4.78, 5) is 29.4. The maximum Gasteiger partial charge on any atom is 0.259 e. The van der Waals surface area contributed by atoms with Crippen LogP contribution < -0.4 is 20.5 Å². The highest BCUT2D eigenvalue weighted by atomic mass is 32.2. The number of hydrogen-bond acceptors (Lipinski definition) is 6. The molecule has 0 saturated heterocycles. The molecule has 3 heterocycles. The quantitative estimate of drug-likeness (QED) is 0.125. The van der Waals surface area contributed by atoms with E-state index in [0.29, 0.717) is 46.1 Å². The molecule has 0 spiro atoms. The highest BCUT2D eigenvalue weighted by Crippen LogP contribution is 2.41. The Morgan fingerprint density at radius 3 is 2.44 bits per heavy atom. The summed E-state index contributed by atoms with van der Waals surface area (Å²) in [6, 6.07) is 11.4. The first-order valence-electron chi connectivity index (χ1n) is 11.3. The number of hydrogen-bond donors (Lipinski definition) is 4. The summed E-state index contributed by atoms with van der Waals surface area (Å²) in [5, 5.41) is 11.6. The van der Waals surface area contributed by atoms with Crippen LogP contribution in [0.15, 0.2) is 48.8 Å². The molecule has 0 unspecified atom stereocenters. The molecular formula is C26H25N5O4S. The lowest BCUT2D eigenvalue weighted by atomic mass is 9.95. The van der Waals surface area contributed by atoms with Crippen molar-refractivity contribution in [3.8, 4) is 11.5 Å². The Balaban J connectivity index is 1.72. The van der Waals surface area contributed by atoms with E-state index in [2.05, 4.69) is 10.3 Å². The number of thioether (sulfide) groups is 1. The molecule has 184 valence electrons. The number of rotatable bonds is 8. The molecule has 0 saturated carbocycles. The van der Waals surface area contributed by atoms with E-state index in [1.54, 1.807) is 20.4 Å². The van der Waals surface area contributed by atoms with Crippen LogP contribution >= 0.6 is 11.8 Å². The number of nitrogens with one attached hydrogen (secondary N) is 3. The molecule has 2 amide bonds. The van der Waals surface area contributed by atoms with Gasteiger partial charge in [0.15, 0.2) is 16.7 Å². The van der Waals surface area contributed by atoms with Crippen LogP contribution in [0.3, 0.4) is 0 Å². The molecule has 5 N–H and O–H groups in total. The molecule has 1 aliphatic heterocycles. The molecular weight excluding hydrogens is 478 g/mol. The van der Waals surface area contributed by atoms with Gasteiger partial charge in [0.2, 0.25) is 0 Å². The van der Waals surface area contributed by atoms with Crippen molar-refractivity contribution in [1.82, 2.24) is 14.9 Å². The van der Waals surface area contributed by atoms with E-state index in [0.717, 1.165) is 28.2 Å². The lowest BCUT2D eigenvalue weighted by Gasteiger charge is -2.10. The van der Waals surface area contributed by atoms with Crippen LogP contribution in [0.4, 0.5) is 0 Å². The summed E-state index contributed by atoms with van der Waals surface area (Å²) < 4.78 is 13.1. The van der Waals surface area contributed by atoms with Crippen LogP contribution in [0.2, 0.25) is 0 Å².